The van der Waals surface area contributed by atoms with Crippen LogP contribution in [0.5, 0.6) is 0 Å². The molecule has 0 aromatic rings. The van der Waals surface area contributed by atoms with Crippen molar-refractivity contribution in [3.8, 4) is 0 Å². The molecule has 2 amide bonds. The number of urea groups is 1. The average Bonchev–Trinajstić information content (AvgIpc) is 2.38. The van der Waals surface area contributed by atoms with Crippen molar-refractivity contribution in [3.63, 3.8) is 0 Å². The maximum Gasteiger partial charge on any atom is 0.315 e. The molecule has 4 atom stereocenters. The minimum atomic E-state index is -0.893. The number of carbonyl (C=O) groups is 2. The number of amides is 2. The van der Waals surface area contributed by atoms with Gasteiger partial charge in [-0.2, -0.15) is 0 Å². The maximum absolute atomic E-state index is 11.7. The van der Waals surface area contributed by atoms with E-state index in [0.717, 1.165) is 12.8 Å². The molecule has 7 heteroatoms. The van der Waals surface area contributed by atoms with Crippen molar-refractivity contribution in [1.82, 2.24) is 10.6 Å². The monoisotopic (exact) mass is 304 g/mol. The number of aliphatic carboxylic acids is 1. The summed E-state index contributed by atoms with van der Waals surface area (Å²) in [5, 5.41) is 14.6. The molecule has 116 valence electrons. The van der Waals surface area contributed by atoms with Crippen LogP contribution in [0.1, 0.15) is 39.0 Å². The van der Waals surface area contributed by atoms with Crippen LogP contribution >= 0.6 is 0 Å². The van der Waals surface area contributed by atoms with E-state index in [1.807, 2.05) is 6.92 Å². The van der Waals surface area contributed by atoms with Gasteiger partial charge in [0.2, 0.25) is 0 Å². The quantitative estimate of drug-likeness (QED) is 0.684. The molecule has 0 radical (unpaired) electrons. The Hall–Kier alpha value is -1.11. The van der Waals surface area contributed by atoms with E-state index in [1.165, 1.54) is 0 Å². The minimum Gasteiger partial charge on any atom is -0.481 e. The molecule has 1 aliphatic carbocycles. The molecule has 6 nitrogen and oxygen atoms in total. The number of carboxylic acid groups (broad SMARTS) is 1. The molecule has 1 saturated carbocycles. The summed E-state index contributed by atoms with van der Waals surface area (Å²) in [6.07, 6.45) is 5.46. The molecular formula is C13H24N2O4S. The number of carboxylic acids is 1. The van der Waals surface area contributed by atoms with Gasteiger partial charge in [-0.05, 0) is 19.3 Å². The van der Waals surface area contributed by atoms with Crippen LogP contribution in [0, 0.1) is 5.92 Å². The molecule has 1 aliphatic rings. The Bertz CT molecular complexity index is 375. The van der Waals surface area contributed by atoms with E-state index < -0.39 is 22.7 Å². The van der Waals surface area contributed by atoms with Gasteiger partial charge in [0.15, 0.2) is 0 Å². The molecule has 4 unspecified atom stereocenters. The molecule has 0 saturated heterocycles. The fourth-order valence-corrected chi connectivity index (χ4v) is 2.82. The van der Waals surface area contributed by atoms with Gasteiger partial charge in [0.05, 0.1) is 5.92 Å². The molecule has 0 bridgehead atoms. The molecule has 0 aromatic heterocycles. The molecular weight excluding hydrogens is 280 g/mol. The molecule has 0 aromatic carbocycles. The first-order valence-corrected chi connectivity index (χ1v) is 8.63. The van der Waals surface area contributed by atoms with E-state index in [-0.39, 0.29) is 17.3 Å². The lowest BCUT2D eigenvalue weighted by Crippen LogP contribution is -2.49. The summed E-state index contributed by atoms with van der Waals surface area (Å²) in [6.45, 7) is 2.31. The van der Waals surface area contributed by atoms with Crippen LogP contribution in [-0.2, 0) is 15.6 Å². The summed E-state index contributed by atoms with van der Waals surface area (Å²) in [4.78, 5) is 22.9. The Morgan fingerprint density at radius 1 is 1.35 bits per heavy atom. The molecule has 0 aliphatic heterocycles. The van der Waals surface area contributed by atoms with Gasteiger partial charge < -0.3 is 15.7 Å². The highest BCUT2D eigenvalue weighted by Gasteiger charge is 2.31. The van der Waals surface area contributed by atoms with E-state index >= 15 is 0 Å². The van der Waals surface area contributed by atoms with Crippen LogP contribution in [0.25, 0.3) is 0 Å². The largest absolute Gasteiger partial charge is 0.481 e. The number of rotatable bonds is 6. The van der Waals surface area contributed by atoms with Gasteiger partial charge in [0.25, 0.3) is 0 Å². The zero-order valence-electron chi connectivity index (χ0n) is 12.1. The minimum absolute atomic E-state index is 0.0387. The van der Waals surface area contributed by atoms with Gasteiger partial charge in [0, 0.05) is 34.9 Å². The van der Waals surface area contributed by atoms with Gasteiger partial charge in [-0.3, -0.25) is 9.00 Å². The zero-order chi connectivity index (χ0) is 15.1. The van der Waals surface area contributed by atoms with Crippen LogP contribution in [-0.4, -0.2) is 45.4 Å². The Kier molecular flexibility index (Phi) is 6.98. The average molecular weight is 304 g/mol. The second kappa shape index (κ2) is 8.24. The Balaban J connectivity index is 2.33. The summed E-state index contributed by atoms with van der Waals surface area (Å²) in [6, 6.07) is -0.629. The molecule has 20 heavy (non-hydrogen) atoms. The van der Waals surface area contributed by atoms with E-state index in [2.05, 4.69) is 10.6 Å². The van der Waals surface area contributed by atoms with E-state index in [1.54, 1.807) is 6.26 Å². The van der Waals surface area contributed by atoms with E-state index in [9.17, 15) is 13.8 Å². The smallest absolute Gasteiger partial charge is 0.315 e. The van der Waals surface area contributed by atoms with Gasteiger partial charge in [-0.15, -0.1) is 0 Å². The molecule has 3 N–H and O–H groups in total. The summed E-state index contributed by atoms with van der Waals surface area (Å²) in [7, 11) is -0.893. The number of carbonyl (C=O) groups excluding carboxylic acids is 1. The third-order valence-electron chi connectivity index (χ3n) is 3.80. The van der Waals surface area contributed by atoms with Crippen LogP contribution in [0.2, 0.25) is 0 Å². The second-order valence-electron chi connectivity index (χ2n) is 5.33. The van der Waals surface area contributed by atoms with Crippen molar-refractivity contribution in [2.75, 3.05) is 12.8 Å². The van der Waals surface area contributed by atoms with Gasteiger partial charge in [0.1, 0.15) is 0 Å². The van der Waals surface area contributed by atoms with Crippen molar-refractivity contribution >= 4 is 22.8 Å². The predicted octanol–water partition coefficient (Wildman–Crippen LogP) is 1.09. The summed E-state index contributed by atoms with van der Waals surface area (Å²) in [5.41, 5.74) is 0. The van der Waals surface area contributed by atoms with Crippen molar-refractivity contribution < 1.29 is 18.9 Å². The predicted molar refractivity (Wildman–Crippen MR) is 78.1 cm³/mol. The third kappa shape index (κ3) is 5.48. The topological polar surface area (TPSA) is 95.5 Å². The lowest BCUT2D eigenvalue weighted by molar-refractivity contribution is -0.143. The van der Waals surface area contributed by atoms with E-state index in [4.69, 9.17) is 5.11 Å². The lowest BCUT2D eigenvalue weighted by atomic mass is 9.84. The van der Waals surface area contributed by atoms with Crippen LogP contribution < -0.4 is 10.6 Å². The standard InChI is InChI=1S/C13H24N2O4S/c1-9(20(2)19)7-8-14-13(18)15-11-6-4-3-5-10(11)12(16)17/h9-11H,3-8H2,1-2H3,(H,16,17)(H2,14,15,18). The SMILES string of the molecule is CC(CCNC(=O)NC1CCCCC1C(=O)O)S(C)=O. The highest BCUT2D eigenvalue weighted by atomic mass is 32.2. The fraction of sp³-hybridized carbons (Fsp3) is 0.846. The molecule has 1 fully saturated rings. The first kappa shape index (κ1) is 16.9. The van der Waals surface area contributed by atoms with Gasteiger partial charge in [-0.25, -0.2) is 4.79 Å². The number of hydrogen-bond donors (Lipinski definition) is 3. The van der Waals surface area contributed by atoms with Crippen molar-refractivity contribution in [3.05, 3.63) is 0 Å². The maximum atomic E-state index is 11.7. The van der Waals surface area contributed by atoms with Gasteiger partial charge in [-0.1, -0.05) is 19.8 Å². The van der Waals surface area contributed by atoms with Gasteiger partial charge >= 0.3 is 12.0 Å². The number of nitrogens with one attached hydrogen (secondary N) is 2. The third-order valence-corrected chi connectivity index (χ3v) is 5.17. The molecule has 1 rings (SSSR count). The summed E-state index contributed by atoms with van der Waals surface area (Å²) >= 11 is 0. The molecule has 0 spiro atoms. The van der Waals surface area contributed by atoms with Crippen molar-refractivity contribution in [1.29, 1.82) is 0 Å². The van der Waals surface area contributed by atoms with Crippen molar-refractivity contribution in [2.45, 2.75) is 50.3 Å². The normalized spacial score (nSPS) is 25.5. The van der Waals surface area contributed by atoms with E-state index in [0.29, 0.717) is 25.8 Å². The Labute approximate surface area is 122 Å². The highest BCUT2D eigenvalue weighted by molar-refractivity contribution is 7.84. The van der Waals surface area contributed by atoms with Crippen LogP contribution in [0.4, 0.5) is 4.79 Å². The fourth-order valence-electron chi connectivity index (χ4n) is 2.37. The summed E-state index contributed by atoms with van der Waals surface area (Å²) < 4.78 is 11.2. The zero-order valence-corrected chi connectivity index (χ0v) is 12.9. The van der Waals surface area contributed by atoms with Crippen molar-refractivity contribution in [2.24, 2.45) is 5.92 Å². The Morgan fingerprint density at radius 2 is 2.00 bits per heavy atom. The second-order valence-corrected chi connectivity index (χ2v) is 7.14. The van der Waals surface area contributed by atoms with Crippen LogP contribution in [0.3, 0.4) is 0 Å². The first-order chi connectivity index (χ1) is 9.41. The Morgan fingerprint density at radius 3 is 2.60 bits per heavy atom. The highest BCUT2D eigenvalue weighted by Crippen LogP contribution is 2.24. The van der Waals surface area contributed by atoms with Crippen LogP contribution in [0.15, 0.2) is 0 Å². The number of hydrogen-bond acceptors (Lipinski definition) is 3. The lowest BCUT2D eigenvalue weighted by Gasteiger charge is -2.29. The summed E-state index contributed by atoms with van der Waals surface area (Å²) in [5.74, 6) is -1.33. The first-order valence-electron chi connectivity index (χ1n) is 7.01. The molecule has 0 heterocycles.